The first-order chi connectivity index (χ1) is 15.7. The molecule has 0 spiro atoms. The van der Waals surface area contributed by atoms with Gasteiger partial charge in [-0.05, 0) is 55.3 Å². The number of nitrogens with one attached hydrogen (secondary N) is 1. The van der Waals surface area contributed by atoms with E-state index in [0.717, 1.165) is 24.3 Å². The van der Waals surface area contributed by atoms with E-state index in [-0.39, 0.29) is 11.6 Å². The van der Waals surface area contributed by atoms with Crippen molar-refractivity contribution in [2.45, 2.75) is 39.3 Å². The van der Waals surface area contributed by atoms with Crippen molar-refractivity contribution in [2.24, 2.45) is 0 Å². The van der Waals surface area contributed by atoms with Crippen LogP contribution in [0.5, 0.6) is 5.75 Å². The SMILES string of the molecule is CCCC(NCc1nc2ccccc2c(=O)n1-c1ccc(OCC)cc1)c1ccccc1. The van der Waals surface area contributed by atoms with Crippen LogP contribution in [0.4, 0.5) is 0 Å². The molecule has 1 N–H and O–H groups in total. The minimum absolute atomic E-state index is 0.0664. The number of rotatable bonds is 9. The van der Waals surface area contributed by atoms with Crippen LogP contribution in [0.15, 0.2) is 83.7 Å². The van der Waals surface area contributed by atoms with Crippen molar-refractivity contribution in [1.82, 2.24) is 14.9 Å². The van der Waals surface area contributed by atoms with Crippen LogP contribution >= 0.6 is 0 Å². The van der Waals surface area contributed by atoms with Crippen molar-refractivity contribution in [3.05, 3.63) is 101 Å². The Bertz CT molecular complexity index is 1220. The van der Waals surface area contributed by atoms with Crippen LogP contribution in [0.1, 0.15) is 44.1 Å². The summed E-state index contributed by atoms with van der Waals surface area (Å²) in [6.07, 6.45) is 2.06. The van der Waals surface area contributed by atoms with E-state index in [4.69, 9.17) is 9.72 Å². The summed E-state index contributed by atoms with van der Waals surface area (Å²) < 4.78 is 7.27. The van der Waals surface area contributed by atoms with E-state index in [0.29, 0.717) is 29.9 Å². The van der Waals surface area contributed by atoms with E-state index in [2.05, 4.69) is 36.5 Å². The van der Waals surface area contributed by atoms with Crippen LogP contribution in [0, 0.1) is 0 Å². The molecule has 0 bridgehead atoms. The molecule has 164 valence electrons. The number of hydrogen-bond acceptors (Lipinski definition) is 4. The average molecular weight is 428 g/mol. The zero-order valence-corrected chi connectivity index (χ0v) is 18.6. The first-order valence-corrected chi connectivity index (χ1v) is 11.2. The van der Waals surface area contributed by atoms with Gasteiger partial charge in [-0.25, -0.2) is 4.98 Å². The Morgan fingerprint density at radius 1 is 0.938 bits per heavy atom. The van der Waals surface area contributed by atoms with Crippen molar-refractivity contribution >= 4 is 10.9 Å². The molecule has 0 aliphatic rings. The number of ether oxygens (including phenoxy) is 1. The molecule has 1 heterocycles. The Morgan fingerprint density at radius 3 is 2.38 bits per heavy atom. The molecular formula is C27H29N3O2. The van der Waals surface area contributed by atoms with Crippen LogP contribution in [-0.2, 0) is 6.54 Å². The summed E-state index contributed by atoms with van der Waals surface area (Å²) in [5, 5.41) is 4.25. The zero-order valence-electron chi connectivity index (χ0n) is 18.6. The number of hydrogen-bond donors (Lipinski definition) is 1. The van der Waals surface area contributed by atoms with Crippen LogP contribution < -0.4 is 15.6 Å². The lowest BCUT2D eigenvalue weighted by molar-refractivity contribution is 0.340. The van der Waals surface area contributed by atoms with Crippen LogP contribution in [-0.4, -0.2) is 16.2 Å². The maximum atomic E-state index is 13.5. The number of fused-ring (bicyclic) bond motifs is 1. The average Bonchev–Trinajstić information content (AvgIpc) is 2.83. The van der Waals surface area contributed by atoms with Crippen molar-refractivity contribution in [2.75, 3.05) is 6.61 Å². The third-order valence-corrected chi connectivity index (χ3v) is 5.54. The molecule has 0 fully saturated rings. The summed E-state index contributed by atoms with van der Waals surface area (Å²) >= 11 is 0. The van der Waals surface area contributed by atoms with Crippen LogP contribution in [0.25, 0.3) is 16.6 Å². The first-order valence-electron chi connectivity index (χ1n) is 11.2. The van der Waals surface area contributed by atoms with Gasteiger partial charge in [0, 0.05) is 6.04 Å². The Kier molecular flexibility index (Phi) is 6.97. The largest absolute Gasteiger partial charge is 0.494 e. The predicted molar refractivity (Wildman–Crippen MR) is 129 cm³/mol. The molecule has 4 aromatic rings. The lowest BCUT2D eigenvalue weighted by atomic mass is 10.0. The number of benzene rings is 3. The number of para-hydroxylation sites is 1. The van der Waals surface area contributed by atoms with Crippen molar-refractivity contribution in [3.8, 4) is 11.4 Å². The van der Waals surface area contributed by atoms with Gasteiger partial charge in [0.15, 0.2) is 0 Å². The molecule has 5 heteroatoms. The fourth-order valence-corrected chi connectivity index (χ4v) is 4.00. The molecular weight excluding hydrogens is 398 g/mol. The fraction of sp³-hybridized carbons (Fsp3) is 0.259. The molecule has 0 aliphatic carbocycles. The first kappa shape index (κ1) is 21.8. The highest BCUT2D eigenvalue weighted by Crippen LogP contribution is 2.21. The molecule has 0 saturated heterocycles. The quantitative estimate of drug-likeness (QED) is 0.388. The smallest absolute Gasteiger partial charge is 0.266 e. The number of nitrogens with zero attached hydrogens (tertiary/aromatic N) is 2. The van der Waals surface area contributed by atoms with E-state index in [1.165, 1.54) is 5.56 Å². The Morgan fingerprint density at radius 2 is 1.66 bits per heavy atom. The van der Waals surface area contributed by atoms with E-state index < -0.39 is 0 Å². The third-order valence-electron chi connectivity index (χ3n) is 5.54. The van der Waals surface area contributed by atoms with Gasteiger partial charge in [-0.1, -0.05) is 55.8 Å². The van der Waals surface area contributed by atoms with Gasteiger partial charge in [-0.3, -0.25) is 9.36 Å². The summed E-state index contributed by atoms with van der Waals surface area (Å²) in [6, 6.07) is 25.7. The fourth-order valence-electron chi connectivity index (χ4n) is 4.00. The molecule has 0 amide bonds. The molecule has 0 aliphatic heterocycles. The second-order valence-electron chi connectivity index (χ2n) is 7.75. The van der Waals surface area contributed by atoms with Crippen LogP contribution in [0.2, 0.25) is 0 Å². The molecule has 32 heavy (non-hydrogen) atoms. The second kappa shape index (κ2) is 10.2. The van der Waals surface area contributed by atoms with Gasteiger partial charge in [-0.15, -0.1) is 0 Å². The van der Waals surface area contributed by atoms with Gasteiger partial charge in [0.2, 0.25) is 0 Å². The molecule has 4 rings (SSSR count). The molecule has 1 aromatic heterocycles. The van der Waals surface area contributed by atoms with Gasteiger partial charge < -0.3 is 10.1 Å². The molecule has 5 nitrogen and oxygen atoms in total. The van der Waals surface area contributed by atoms with Crippen molar-refractivity contribution < 1.29 is 4.74 Å². The lowest BCUT2D eigenvalue weighted by Gasteiger charge is -2.20. The molecule has 1 unspecified atom stereocenters. The topological polar surface area (TPSA) is 56.2 Å². The highest BCUT2D eigenvalue weighted by Gasteiger charge is 2.16. The van der Waals surface area contributed by atoms with E-state index in [1.807, 2.05) is 61.5 Å². The molecule has 0 radical (unpaired) electrons. The molecule has 0 saturated carbocycles. The summed E-state index contributed by atoms with van der Waals surface area (Å²) in [7, 11) is 0. The molecule has 3 aromatic carbocycles. The Hall–Kier alpha value is -3.44. The minimum atomic E-state index is -0.0664. The molecule has 1 atom stereocenters. The minimum Gasteiger partial charge on any atom is -0.494 e. The zero-order chi connectivity index (χ0) is 22.3. The lowest BCUT2D eigenvalue weighted by Crippen LogP contribution is -2.29. The van der Waals surface area contributed by atoms with E-state index in [9.17, 15) is 4.79 Å². The van der Waals surface area contributed by atoms with Gasteiger partial charge in [0.05, 0.1) is 29.7 Å². The normalized spacial score (nSPS) is 12.1. The standard InChI is InChI=1S/C27H29N3O2/c1-3-10-24(20-11-6-5-7-12-20)28-19-26-29-25-14-9-8-13-23(25)27(31)30(26)21-15-17-22(18-16-21)32-4-2/h5-9,11-18,24,28H,3-4,10,19H2,1-2H3. The third kappa shape index (κ3) is 4.73. The predicted octanol–water partition coefficient (Wildman–Crippen LogP) is 5.42. The summed E-state index contributed by atoms with van der Waals surface area (Å²) in [4.78, 5) is 18.3. The maximum absolute atomic E-state index is 13.5. The van der Waals surface area contributed by atoms with Gasteiger partial charge >= 0.3 is 0 Å². The highest BCUT2D eigenvalue weighted by molar-refractivity contribution is 5.77. The van der Waals surface area contributed by atoms with Crippen molar-refractivity contribution in [1.29, 1.82) is 0 Å². The highest BCUT2D eigenvalue weighted by atomic mass is 16.5. The second-order valence-corrected chi connectivity index (χ2v) is 7.75. The number of aromatic nitrogens is 2. The van der Waals surface area contributed by atoms with E-state index in [1.54, 1.807) is 4.57 Å². The van der Waals surface area contributed by atoms with Gasteiger partial charge in [0.25, 0.3) is 5.56 Å². The summed E-state index contributed by atoms with van der Waals surface area (Å²) in [5.41, 5.74) is 2.66. The van der Waals surface area contributed by atoms with Gasteiger partial charge in [0.1, 0.15) is 11.6 Å². The summed E-state index contributed by atoms with van der Waals surface area (Å²) in [6.45, 7) is 5.22. The van der Waals surface area contributed by atoms with Crippen molar-refractivity contribution in [3.63, 3.8) is 0 Å². The Labute approximate surface area is 188 Å². The Balaban J connectivity index is 1.74. The maximum Gasteiger partial charge on any atom is 0.266 e. The summed E-state index contributed by atoms with van der Waals surface area (Å²) in [5.74, 6) is 1.47. The van der Waals surface area contributed by atoms with Gasteiger partial charge in [-0.2, -0.15) is 0 Å². The monoisotopic (exact) mass is 427 g/mol. The van der Waals surface area contributed by atoms with E-state index >= 15 is 0 Å². The van der Waals surface area contributed by atoms with Crippen LogP contribution in [0.3, 0.4) is 0 Å².